The maximum atomic E-state index is 5.44. The molecule has 0 spiro atoms. The summed E-state index contributed by atoms with van der Waals surface area (Å²) in [5, 5.41) is 3.55. The number of hydrogen-bond donors (Lipinski definition) is 1. The van der Waals surface area contributed by atoms with Crippen LogP contribution in [0.4, 0.5) is 0 Å². The molecule has 1 fully saturated rings. The summed E-state index contributed by atoms with van der Waals surface area (Å²) in [6, 6.07) is 6.41. The molecular weight excluding hydrogens is 242 g/mol. The van der Waals surface area contributed by atoms with Crippen molar-refractivity contribution in [2.75, 3.05) is 27.4 Å². The summed E-state index contributed by atoms with van der Waals surface area (Å²) in [6.45, 7) is 4.74. The van der Waals surface area contributed by atoms with Crippen LogP contribution in [0.2, 0.25) is 0 Å². The van der Waals surface area contributed by atoms with Gasteiger partial charge in [0.25, 0.3) is 0 Å². The molecule has 0 radical (unpaired) electrons. The molecule has 4 heteroatoms. The van der Waals surface area contributed by atoms with Gasteiger partial charge in [-0.25, -0.2) is 0 Å². The fourth-order valence-electron chi connectivity index (χ4n) is 2.48. The van der Waals surface area contributed by atoms with Gasteiger partial charge in [0.2, 0.25) is 0 Å². The van der Waals surface area contributed by atoms with Crippen LogP contribution in [0.3, 0.4) is 0 Å². The molecule has 1 aromatic carbocycles. The molecule has 1 aliphatic heterocycles. The molecule has 0 bridgehead atoms. The van der Waals surface area contributed by atoms with E-state index in [1.165, 1.54) is 0 Å². The normalized spacial score (nSPS) is 20.3. The van der Waals surface area contributed by atoms with Crippen molar-refractivity contribution in [1.82, 2.24) is 5.32 Å². The van der Waals surface area contributed by atoms with E-state index in [2.05, 4.69) is 18.3 Å². The van der Waals surface area contributed by atoms with Gasteiger partial charge in [-0.1, -0.05) is 12.1 Å². The molecule has 1 N–H and O–H groups in total. The average molecular weight is 265 g/mol. The summed E-state index contributed by atoms with van der Waals surface area (Å²) in [6.07, 6.45) is 1.14. The number of nitrogens with one attached hydrogen (secondary N) is 1. The van der Waals surface area contributed by atoms with E-state index in [0.717, 1.165) is 43.2 Å². The predicted molar refractivity (Wildman–Crippen MR) is 74.8 cm³/mol. The number of methoxy groups -OCH3 is 2. The van der Waals surface area contributed by atoms with Crippen LogP contribution in [-0.4, -0.2) is 33.5 Å². The molecule has 2 atom stereocenters. The van der Waals surface area contributed by atoms with Crippen molar-refractivity contribution >= 4 is 0 Å². The van der Waals surface area contributed by atoms with Crippen LogP contribution in [0.25, 0.3) is 0 Å². The molecule has 2 rings (SSSR count). The Balaban J connectivity index is 1.98. The Morgan fingerprint density at radius 3 is 2.84 bits per heavy atom. The van der Waals surface area contributed by atoms with E-state index < -0.39 is 0 Å². The Bertz CT molecular complexity index is 402. The molecule has 0 amide bonds. The number of hydrogen-bond acceptors (Lipinski definition) is 4. The Kier molecular flexibility index (Phi) is 5.05. The van der Waals surface area contributed by atoms with Crippen molar-refractivity contribution < 1.29 is 14.2 Å². The van der Waals surface area contributed by atoms with Gasteiger partial charge in [0.05, 0.1) is 20.8 Å². The van der Waals surface area contributed by atoms with Crippen molar-refractivity contribution in [3.05, 3.63) is 23.8 Å². The summed E-state index contributed by atoms with van der Waals surface area (Å²) in [7, 11) is 3.34. The van der Waals surface area contributed by atoms with Crippen LogP contribution in [0.15, 0.2) is 18.2 Å². The smallest absolute Gasteiger partial charge is 0.165 e. The summed E-state index contributed by atoms with van der Waals surface area (Å²) < 4.78 is 16.2. The fraction of sp³-hybridized carbons (Fsp3) is 0.600. The third-order valence-electron chi connectivity index (χ3n) is 3.77. The lowest BCUT2D eigenvalue weighted by Crippen LogP contribution is -2.33. The first-order chi connectivity index (χ1) is 9.26. The standard InChI is InChI=1S/C15H23NO3/c1-11(13-7-8-19-10-13)16-9-12-5-4-6-14(17-2)15(12)18-3/h4-6,11,13,16H,7-10H2,1-3H3. The van der Waals surface area contributed by atoms with Crippen LogP contribution < -0.4 is 14.8 Å². The third kappa shape index (κ3) is 3.39. The van der Waals surface area contributed by atoms with E-state index >= 15 is 0 Å². The number of para-hydroxylation sites is 1. The van der Waals surface area contributed by atoms with Crippen LogP contribution in [0, 0.1) is 5.92 Å². The molecule has 0 aromatic heterocycles. The molecule has 1 saturated heterocycles. The Hall–Kier alpha value is -1.26. The van der Waals surface area contributed by atoms with Crippen molar-refractivity contribution in [1.29, 1.82) is 0 Å². The highest BCUT2D eigenvalue weighted by molar-refractivity contribution is 5.46. The number of benzene rings is 1. The molecule has 19 heavy (non-hydrogen) atoms. The quantitative estimate of drug-likeness (QED) is 0.856. The van der Waals surface area contributed by atoms with Crippen LogP contribution in [0.1, 0.15) is 18.9 Å². The van der Waals surface area contributed by atoms with Crippen LogP contribution in [0.5, 0.6) is 11.5 Å². The van der Waals surface area contributed by atoms with Crippen molar-refractivity contribution in [3.8, 4) is 11.5 Å². The fourth-order valence-corrected chi connectivity index (χ4v) is 2.48. The molecule has 1 aromatic rings. The number of rotatable bonds is 6. The Morgan fingerprint density at radius 2 is 2.21 bits per heavy atom. The lowest BCUT2D eigenvalue weighted by molar-refractivity contribution is 0.178. The summed E-state index contributed by atoms with van der Waals surface area (Å²) >= 11 is 0. The lowest BCUT2D eigenvalue weighted by atomic mass is 10.0. The predicted octanol–water partition coefficient (Wildman–Crippen LogP) is 2.22. The highest BCUT2D eigenvalue weighted by Crippen LogP contribution is 2.30. The number of ether oxygens (including phenoxy) is 3. The molecule has 106 valence electrons. The molecule has 1 aliphatic rings. The van der Waals surface area contributed by atoms with Crippen molar-refractivity contribution in [3.63, 3.8) is 0 Å². The zero-order valence-electron chi connectivity index (χ0n) is 11.9. The minimum atomic E-state index is 0.443. The van der Waals surface area contributed by atoms with E-state index in [4.69, 9.17) is 14.2 Å². The highest BCUT2D eigenvalue weighted by atomic mass is 16.5. The van der Waals surface area contributed by atoms with E-state index in [-0.39, 0.29) is 0 Å². The second-order valence-electron chi connectivity index (χ2n) is 4.95. The highest BCUT2D eigenvalue weighted by Gasteiger charge is 2.22. The first-order valence-electron chi connectivity index (χ1n) is 6.77. The minimum absolute atomic E-state index is 0.443. The van der Waals surface area contributed by atoms with Crippen molar-refractivity contribution in [2.45, 2.75) is 25.9 Å². The zero-order chi connectivity index (χ0) is 13.7. The van der Waals surface area contributed by atoms with Gasteiger partial charge in [0.1, 0.15) is 0 Å². The van der Waals surface area contributed by atoms with E-state index in [0.29, 0.717) is 12.0 Å². The summed E-state index contributed by atoms with van der Waals surface area (Å²) in [5.74, 6) is 2.20. The zero-order valence-corrected chi connectivity index (χ0v) is 11.9. The molecule has 2 unspecified atom stereocenters. The van der Waals surface area contributed by atoms with Gasteiger partial charge in [0.15, 0.2) is 11.5 Å². The van der Waals surface area contributed by atoms with Gasteiger partial charge in [-0.15, -0.1) is 0 Å². The van der Waals surface area contributed by atoms with Gasteiger partial charge in [0, 0.05) is 24.8 Å². The lowest BCUT2D eigenvalue weighted by Gasteiger charge is -2.20. The second-order valence-corrected chi connectivity index (χ2v) is 4.95. The van der Waals surface area contributed by atoms with E-state index in [9.17, 15) is 0 Å². The average Bonchev–Trinajstić information content (AvgIpc) is 2.98. The summed E-state index contributed by atoms with van der Waals surface area (Å²) in [4.78, 5) is 0. The molecule has 0 saturated carbocycles. The van der Waals surface area contributed by atoms with Crippen LogP contribution in [-0.2, 0) is 11.3 Å². The molecule has 1 heterocycles. The monoisotopic (exact) mass is 265 g/mol. The maximum Gasteiger partial charge on any atom is 0.165 e. The topological polar surface area (TPSA) is 39.7 Å². The first-order valence-corrected chi connectivity index (χ1v) is 6.77. The first kappa shape index (κ1) is 14.2. The third-order valence-corrected chi connectivity index (χ3v) is 3.77. The SMILES string of the molecule is COc1cccc(CNC(C)C2CCOC2)c1OC. The van der Waals surface area contributed by atoms with Gasteiger partial charge in [-0.05, 0) is 25.3 Å². The van der Waals surface area contributed by atoms with E-state index in [1.807, 2.05) is 12.1 Å². The van der Waals surface area contributed by atoms with Gasteiger partial charge in [-0.3, -0.25) is 0 Å². The Morgan fingerprint density at radius 1 is 1.37 bits per heavy atom. The molecule has 0 aliphatic carbocycles. The van der Waals surface area contributed by atoms with Gasteiger partial charge < -0.3 is 19.5 Å². The second kappa shape index (κ2) is 6.78. The van der Waals surface area contributed by atoms with Gasteiger partial charge in [-0.2, -0.15) is 0 Å². The largest absolute Gasteiger partial charge is 0.493 e. The minimum Gasteiger partial charge on any atom is -0.493 e. The van der Waals surface area contributed by atoms with Crippen molar-refractivity contribution in [2.24, 2.45) is 5.92 Å². The molecular formula is C15H23NO3. The summed E-state index contributed by atoms with van der Waals surface area (Å²) in [5.41, 5.74) is 1.12. The molecule has 4 nitrogen and oxygen atoms in total. The van der Waals surface area contributed by atoms with E-state index in [1.54, 1.807) is 14.2 Å². The van der Waals surface area contributed by atoms with Gasteiger partial charge >= 0.3 is 0 Å². The maximum absolute atomic E-state index is 5.44. The Labute approximate surface area is 115 Å². The van der Waals surface area contributed by atoms with Crippen LogP contribution >= 0.6 is 0 Å².